The van der Waals surface area contributed by atoms with Gasteiger partial charge in [-0.2, -0.15) is 0 Å². The first-order valence-electron chi connectivity index (χ1n) is 6.73. The number of alkyl halides is 1. The van der Waals surface area contributed by atoms with Crippen LogP contribution in [0.3, 0.4) is 0 Å². The monoisotopic (exact) mass is 288 g/mol. The highest BCUT2D eigenvalue weighted by molar-refractivity contribution is 6.22. The highest BCUT2D eigenvalue weighted by Crippen LogP contribution is 2.35. The molecule has 1 atom stereocenters. The zero-order chi connectivity index (χ0) is 14.1. The van der Waals surface area contributed by atoms with E-state index in [1.807, 2.05) is 31.2 Å². The molecule has 0 saturated heterocycles. The zero-order valence-electron chi connectivity index (χ0n) is 11.7. The second-order valence-electron chi connectivity index (χ2n) is 5.06. The minimum Gasteiger partial charge on any atom is -0.496 e. The number of methoxy groups -OCH3 is 1. The zero-order valence-corrected chi connectivity index (χ0v) is 12.4. The number of aryl methyl sites for hydroxylation is 1. The van der Waals surface area contributed by atoms with Crippen LogP contribution in [0, 0.1) is 6.92 Å². The van der Waals surface area contributed by atoms with Crippen LogP contribution in [-0.4, -0.2) is 13.7 Å². The van der Waals surface area contributed by atoms with Crippen molar-refractivity contribution in [3.8, 4) is 11.5 Å². The van der Waals surface area contributed by atoms with E-state index in [1.165, 1.54) is 5.56 Å². The van der Waals surface area contributed by atoms with Crippen LogP contribution in [0.4, 0.5) is 0 Å². The summed E-state index contributed by atoms with van der Waals surface area (Å²) in [5.74, 6) is 1.88. The summed E-state index contributed by atoms with van der Waals surface area (Å²) >= 11 is 6.62. The number of hydrogen-bond donors (Lipinski definition) is 0. The molecule has 0 radical (unpaired) electrons. The minimum absolute atomic E-state index is 0.148. The fourth-order valence-electron chi connectivity index (χ4n) is 2.62. The van der Waals surface area contributed by atoms with E-state index in [1.54, 1.807) is 7.11 Å². The predicted molar refractivity (Wildman–Crippen MR) is 81.1 cm³/mol. The van der Waals surface area contributed by atoms with E-state index in [2.05, 4.69) is 12.1 Å². The van der Waals surface area contributed by atoms with Crippen molar-refractivity contribution >= 4 is 11.6 Å². The number of rotatable bonds is 3. The molecule has 1 heterocycles. The molecule has 3 rings (SSSR count). The van der Waals surface area contributed by atoms with Gasteiger partial charge in [0.05, 0.1) is 19.1 Å². The summed E-state index contributed by atoms with van der Waals surface area (Å²) in [7, 11) is 1.68. The van der Waals surface area contributed by atoms with Crippen molar-refractivity contribution in [1.29, 1.82) is 0 Å². The van der Waals surface area contributed by atoms with Crippen molar-refractivity contribution in [1.82, 2.24) is 0 Å². The van der Waals surface area contributed by atoms with Crippen LogP contribution in [0.5, 0.6) is 11.5 Å². The quantitative estimate of drug-likeness (QED) is 0.786. The summed E-state index contributed by atoms with van der Waals surface area (Å²) in [4.78, 5) is 0. The maximum Gasteiger partial charge on any atom is 0.122 e. The van der Waals surface area contributed by atoms with Crippen molar-refractivity contribution in [2.45, 2.75) is 18.7 Å². The van der Waals surface area contributed by atoms with Crippen LogP contribution in [0.25, 0.3) is 0 Å². The summed E-state index contributed by atoms with van der Waals surface area (Å²) < 4.78 is 10.8. The minimum atomic E-state index is -0.148. The maximum absolute atomic E-state index is 6.62. The molecule has 2 aromatic rings. The van der Waals surface area contributed by atoms with Gasteiger partial charge in [0.15, 0.2) is 0 Å². The Morgan fingerprint density at radius 2 is 1.90 bits per heavy atom. The first-order valence-corrected chi connectivity index (χ1v) is 7.17. The second kappa shape index (κ2) is 5.37. The van der Waals surface area contributed by atoms with Gasteiger partial charge in [0.2, 0.25) is 0 Å². The lowest BCUT2D eigenvalue weighted by Crippen LogP contribution is -1.96. The molecule has 0 amide bonds. The van der Waals surface area contributed by atoms with E-state index in [-0.39, 0.29) is 5.38 Å². The molecule has 0 N–H and O–H groups in total. The molecule has 0 saturated carbocycles. The van der Waals surface area contributed by atoms with Crippen molar-refractivity contribution in [2.24, 2.45) is 0 Å². The number of hydrogen-bond acceptors (Lipinski definition) is 2. The van der Waals surface area contributed by atoms with Crippen LogP contribution < -0.4 is 9.47 Å². The van der Waals surface area contributed by atoms with E-state index >= 15 is 0 Å². The fourth-order valence-corrected chi connectivity index (χ4v) is 2.89. The van der Waals surface area contributed by atoms with Crippen LogP contribution in [0.1, 0.15) is 27.6 Å². The first-order chi connectivity index (χ1) is 9.69. The van der Waals surface area contributed by atoms with Gasteiger partial charge in [-0.1, -0.05) is 24.3 Å². The van der Waals surface area contributed by atoms with Crippen LogP contribution in [-0.2, 0) is 6.42 Å². The molecule has 20 heavy (non-hydrogen) atoms. The smallest absolute Gasteiger partial charge is 0.122 e. The number of halogens is 1. The molecule has 0 aliphatic carbocycles. The lowest BCUT2D eigenvalue weighted by Gasteiger charge is -2.14. The van der Waals surface area contributed by atoms with Gasteiger partial charge in [-0.25, -0.2) is 0 Å². The topological polar surface area (TPSA) is 18.5 Å². The van der Waals surface area contributed by atoms with Crippen LogP contribution >= 0.6 is 11.6 Å². The number of benzene rings is 2. The Morgan fingerprint density at radius 1 is 1.15 bits per heavy atom. The standard InChI is InChI=1S/C17H17ClO2/c1-11-9-13(3-5-15(11)19-2)17(18)14-4-6-16-12(10-14)7-8-20-16/h3-6,9-10,17H,7-8H2,1-2H3. The van der Waals surface area contributed by atoms with E-state index in [0.717, 1.165) is 41.2 Å². The lowest BCUT2D eigenvalue weighted by molar-refractivity contribution is 0.357. The fraction of sp³-hybridized carbons (Fsp3) is 0.294. The average molecular weight is 289 g/mol. The van der Waals surface area contributed by atoms with Gasteiger partial charge in [0.1, 0.15) is 11.5 Å². The second-order valence-corrected chi connectivity index (χ2v) is 5.49. The van der Waals surface area contributed by atoms with Crippen molar-refractivity contribution in [2.75, 3.05) is 13.7 Å². The molecule has 3 heteroatoms. The van der Waals surface area contributed by atoms with Gasteiger partial charge in [0.25, 0.3) is 0 Å². The Bertz CT molecular complexity index is 637. The van der Waals surface area contributed by atoms with Gasteiger partial charge >= 0.3 is 0 Å². The van der Waals surface area contributed by atoms with Crippen LogP contribution in [0.15, 0.2) is 36.4 Å². The Labute approximate surface area is 124 Å². The van der Waals surface area contributed by atoms with Crippen molar-refractivity contribution in [3.05, 3.63) is 58.7 Å². The van der Waals surface area contributed by atoms with Gasteiger partial charge in [0, 0.05) is 6.42 Å². The SMILES string of the molecule is COc1ccc(C(Cl)c2ccc3c(c2)CCO3)cc1C. The van der Waals surface area contributed by atoms with Gasteiger partial charge in [-0.15, -0.1) is 11.6 Å². The molecule has 0 fully saturated rings. The third kappa shape index (κ3) is 2.36. The molecule has 0 bridgehead atoms. The molecule has 1 aliphatic rings. The Kier molecular flexibility index (Phi) is 3.58. The van der Waals surface area contributed by atoms with Crippen molar-refractivity contribution in [3.63, 3.8) is 0 Å². The summed E-state index contributed by atoms with van der Waals surface area (Å²) in [6.07, 6.45) is 0.967. The Hall–Kier alpha value is -1.67. The molecule has 0 aromatic heterocycles. The highest BCUT2D eigenvalue weighted by Gasteiger charge is 2.17. The molecule has 2 nitrogen and oxygen atoms in total. The Balaban J connectivity index is 1.92. The van der Waals surface area contributed by atoms with E-state index in [0.29, 0.717) is 0 Å². The van der Waals surface area contributed by atoms with Gasteiger partial charge in [-0.05, 0) is 41.3 Å². The van der Waals surface area contributed by atoms with Crippen molar-refractivity contribution < 1.29 is 9.47 Å². The summed E-state index contributed by atoms with van der Waals surface area (Å²) in [6, 6.07) is 12.3. The normalized spacial score (nSPS) is 14.6. The third-order valence-corrected chi connectivity index (χ3v) is 4.22. The van der Waals surface area contributed by atoms with E-state index in [4.69, 9.17) is 21.1 Å². The molecule has 104 valence electrons. The predicted octanol–water partition coefficient (Wildman–Crippen LogP) is 4.27. The van der Waals surface area contributed by atoms with Gasteiger partial charge in [-0.3, -0.25) is 0 Å². The highest BCUT2D eigenvalue weighted by atomic mass is 35.5. The lowest BCUT2D eigenvalue weighted by atomic mass is 10.00. The number of fused-ring (bicyclic) bond motifs is 1. The average Bonchev–Trinajstić information content (AvgIpc) is 2.93. The van der Waals surface area contributed by atoms with E-state index < -0.39 is 0 Å². The molecular formula is C17H17ClO2. The summed E-state index contributed by atoms with van der Waals surface area (Å²) in [6.45, 7) is 2.80. The molecule has 0 spiro atoms. The van der Waals surface area contributed by atoms with Crippen LogP contribution in [0.2, 0.25) is 0 Å². The summed E-state index contributed by atoms with van der Waals surface area (Å²) in [5.41, 5.74) is 4.54. The number of ether oxygens (including phenoxy) is 2. The molecule has 1 unspecified atom stereocenters. The third-order valence-electron chi connectivity index (χ3n) is 3.72. The van der Waals surface area contributed by atoms with Gasteiger partial charge < -0.3 is 9.47 Å². The summed E-state index contributed by atoms with van der Waals surface area (Å²) in [5, 5.41) is -0.148. The maximum atomic E-state index is 6.62. The van der Waals surface area contributed by atoms with E-state index in [9.17, 15) is 0 Å². The first kappa shape index (κ1) is 13.3. The molecule has 1 aliphatic heterocycles. The molecular weight excluding hydrogens is 272 g/mol. The molecule has 2 aromatic carbocycles. The Morgan fingerprint density at radius 3 is 2.65 bits per heavy atom. The largest absolute Gasteiger partial charge is 0.496 e.